The molecule has 1 atom stereocenters. The van der Waals surface area contributed by atoms with Gasteiger partial charge in [-0.05, 0) is 45.4 Å². The average molecular weight is 325 g/mol. The highest BCUT2D eigenvalue weighted by Gasteiger charge is 2.12. The summed E-state index contributed by atoms with van der Waals surface area (Å²) in [7, 11) is 0. The Kier molecular flexibility index (Phi) is 4.07. The Labute approximate surface area is 121 Å². The van der Waals surface area contributed by atoms with Crippen LogP contribution in [0.1, 0.15) is 34.1 Å². The van der Waals surface area contributed by atoms with Gasteiger partial charge in [0.15, 0.2) is 0 Å². The summed E-state index contributed by atoms with van der Waals surface area (Å²) in [4.78, 5) is 5.78. The normalized spacial score (nSPS) is 12.5. The van der Waals surface area contributed by atoms with Crippen LogP contribution in [-0.4, -0.2) is 4.98 Å². The maximum absolute atomic E-state index is 4.47. The molecule has 0 aliphatic heterocycles. The van der Waals surface area contributed by atoms with Gasteiger partial charge >= 0.3 is 0 Å². The predicted octanol–water partition coefficient (Wildman–Crippen LogP) is 5.00. The Morgan fingerprint density at radius 3 is 2.56 bits per heavy atom. The van der Waals surface area contributed by atoms with Crippen LogP contribution in [0.25, 0.3) is 0 Å². The van der Waals surface area contributed by atoms with Crippen molar-refractivity contribution >= 4 is 33.0 Å². The van der Waals surface area contributed by atoms with Crippen molar-refractivity contribution in [1.29, 1.82) is 0 Å². The molecule has 4 heteroatoms. The number of rotatable bonds is 3. The Morgan fingerprint density at radius 2 is 2.00 bits per heavy atom. The molecule has 96 valence electrons. The molecule has 1 N–H and O–H groups in total. The van der Waals surface area contributed by atoms with Crippen LogP contribution < -0.4 is 5.32 Å². The molecule has 1 heterocycles. The van der Waals surface area contributed by atoms with Crippen LogP contribution in [0.5, 0.6) is 0 Å². The number of halogens is 1. The summed E-state index contributed by atoms with van der Waals surface area (Å²) in [6, 6.07) is 6.63. The van der Waals surface area contributed by atoms with Crippen molar-refractivity contribution in [1.82, 2.24) is 4.98 Å². The van der Waals surface area contributed by atoms with Crippen LogP contribution in [0, 0.1) is 20.8 Å². The number of nitrogens with zero attached hydrogens (tertiary/aromatic N) is 1. The van der Waals surface area contributed by atoms with Gasteiger partial charge in [-0.2, -0.15) is 0 Å². The van der Waals surface area contributed by atoms with Crippen molar-refractivity contribution in [3.8, 4) is 0 Å². The van der Waals surface area contributed by atoms with Crippen LogP contribution in [0.2, 0.25) is 0 Å². The molecule has 1 aromatic heterocycles. The van der Waals surface area contributed by atoms with E-state index in [4.69, 9.17) is 0 Å². The van der Waals surface area contributed by atoms with Gasteiger partial charge in [-0.25, -0.2) is 4.98 Å². The van der Waals surface area contributed by atoms with Crippen molar-refractivity contribution < 1.29 is 0 Å². The number of hydrogen-bond acceptors (Lipinski definition) is 3. The highest BCUT2D eigenvalue weighted by atomic mass is 79.9. The lowest BCUT2D eigenvalue weighted by atomic mass is 10.2. The zero-order valence-corrected chi connectivity index (χ0v) is 13.4. The molecule has 2 rings (SSSR count). The predicted molar refractivity (Wildman–Crippen MR) is 82.5 cm³/mol. The minimum atomic E-state index is 0.283. The molecule has 0 saturated carbocycles. The van der Waals surface area contributed by atoms with Crippen LogP contribution in [0.15, 0.2) is 22.7 Å². The first-order valence-corrected chi connectivity index (χ1v) is 7.55. The van der Waals surface area contributed by atoms with E-state index in [1.165, 1.54) is 10.4 Å². The molecular weight excluding hydrogens is 308 g/mol. The molecule has 0 spiro atoms. The number of nitrogens with one attached hydrogen (secondary N) is 1. The van der Waals surface area contributed by atoms with Gasteiger partial charge in [-0.15, -0.1) is 11.3 Å². The minimum Gasteiger partial charge on any atom is -0.378 e. The summed E-state index contributed by atoms with van der Waals surface area (Å²) in [5.41, 5.74) is 3.51. The van der Waals surface area contributed by atoms with E-state index in [2.05, 4.69) is 72.1 Å². The SMILES string of the molecule is Cc1nc(C)c(C(C)Nc2ccc(C)c(Br)c2)s1. The van der Waals surface area contributed by atoms with E-state index in [9.17, 15) is 0 Å². The highest BCUT2D eigenvalue weighted by Crippen LogP contribution is 2.29. The van der Waals surface area contributed by atoms with Crippen LogP contribution in [-0.2, 0) is 0 Å². The molecule has 1 unspecified atom stereocenters. The second-order valence-corrected chi connectivity index (χ2v) is 6.60. The van der Waals surface area contributed by atoms with Gasteiger partial charge in [0.2, 0.25) is 0 Å². The zero-order valence-electron chi connectivity index (χ0n) is 11.0. The van der Waals surface area contributed by atoms with Crippen LogP contribution in [0.4, 0.5) is 5.69 Å². The molecule has 0 bridgehead atoms. The first kappa shape index (κ1) is 13.6. The number of aryl methyl sites for hydroxylation is 3. The summed E-state index contributed by atoms with van der Waals surface area (Å²) in [6.45, 7) is 8.39. The monoisotopic (exact) mass is 324 g/mol. The molecular formula is C14H17BrN2S. The molecule has 0 radical (unpaired) electrons. The maximum Gasteiger partial charge on any atom is 0.0900 e. The van der Waals surface area contributed by atoms with Crippen LogP contribution in [0.3, 0.4) is 0 Å². The second kappa shape index (κ2) is 5.41. The standard InChI is InChI=1S/C14H17BrN2S/c1-8-5-6-12(7-13(8)15)17-10(3)14-9(2)16-11(4)18-14/h5-7,10,17H,1-4H3. The lowest BCUT2D eigenvalue weighted by Crippen LogP contribution is -2.06. The Balaban J connectivity index is 2.18. The minimum absolute atomic E-state index is 0.283. The fourth-order valence-corrected chi connectivity index (χ4v) is 3.26. The lowest BCUT2D eigenvalue weighted by Gasteiger charge is -2.15. The summed E-state index contributed by atoms with van der Waals surface area (Å²) < 4.78 is 1.14. The van der Waals surface area contributed by atoms with E-state index >= 15 is 0 Å². The number of benzene rings is 1. The molecule has 1 aromatic carbocycles. The molecule has 0 aliphatic carbocycles. The van der Waals surface area contributed by atoms with E-state index in [1.807, 2.05) is 0 Å². The van der Waals surface area contributed by atoms with Gasteiger partial charge in [0.25, 0.3) is 0 Å². The number of anilines is 1. The van der Waals surface area contributed by atoms with E-state index < -0.39 is 0 Å². The quantitative estimate of drug-likeness (QED) is 0.858. The van der Waals surface area contributed by atoms with E-state index in [1.54, 1.807) is 11.3 Å². The van der Waals surface area contributed by atoms with Gasteiger partial charge in [0.1, 0.15) is 0 Å². The van der Waals surface area contributed by atoms with Crippen LogP contribution >= 0.6 is 27.3 Å². The summed E-state index contributed by atoms with van der Waals surface area (Å²) in [6.07, 6.45) is 0. The molecule has 2 aromatic rings. The molecule has 0 fully saturated rings. The fourth-order valence-electron chi connectivity index (χ4n) is 1.95. The van der Waals surface area contributed by atoms with Gasteiger partial charge < -0.3 is 5.32 Å². The second-order valence-electron chi connectivity index (χ2n) is 4.51. The zero-order chi connectivity index (χ0) is 13.3. The largest absolute Gasteiger partial charge is 0.378 e. The number of thiazole rings is 1. The van der Waals surface area contributed by atoms with Crippen molar-refractivity contribution in [3.63, 3.8) is 0 Å². The van der Waals surface area contributed by atoms with Gasteiger partial charge in [-0.1, -0.05) is 22.0 Å². The summed E-state index contributed by atoms with van der Waals surface area (Å²) in [5, 5.41) is 4.65. The van der Waals surface area contributed by atoms with Gasteiger partial charge in [0, 0.05) is 15.0 Å². The molecule has 0 aliphatic rings. The summed E-state index contributed by atoms with van der Waals surface area (Å²) in [5.74, 6) is 0. The van der Waals surface area contributed by atoms with E-state index in [0.717, 1.165) is 20.9 Å². The molecule has 0 saturated heterocycles. The molecule has 18 heavy (non-hydrogen) atoms. The first-order chi connectivity index (χ1) is 8.47. The Hall–Kier alpha value is -0.870. The number of aromatic nitrogens is 1. The Morgan fingerprint density at radius 1 is 1.28 bits per heavy atom. The molecule has 2 nitrogen and oxygen atoms in total. The third kappa shape index (κ3) is 2.93. The fraction of sp³-hybridized carbons (Fsp3) is 0.357. The third-order valence-corrected chi connectivity index (χ3v) is 5.00. The van der Waals surface area contributed by atoms with Gasteiger partial charge in [0.05, 0.1) is 16.7 Å². The van der Waals surface area contributed by atoms with Crippen molar-refractivity contribution in [2.45, 2.75) is 33.7 Å². The van der Waals surface area contributed by atoms with Crippen molar-refractivity contribution in [3.05, 3.63) is 43.8 Å². The maximum atomic E-state index is 4.47. The van der Waals surface area contributed by atoms with Crippen molar-refractivity contribution in [2.24, 2.45) is 0 Å². The van der Waals surface area contributed by atoms with Crippen molar-refractivity contribution in [2.75, 3.05) is 5.32 Å². The number of hydrogen-bond donors (Lipinski definition) is 1. The first-order valence-electron chi connectivity index (χ1n) is 5.94. The Bertz CT molecular complexity index is 563. The van der Waals surface area contributed by atoms with E-state index in [0.29, 0.717) is 0 Å². The smallest absolute Gasteiger partial charge is 0.0900 e. The lowest BCUT2D eigenvalue weighted by molar-refractivity contribution is 0.889. The summed E-state index contributed by atoms with van der Waals surface area (Å²) >= 11 is 5.32. The van der Waals surface area contributed by atoms with Gasteiger partial charge in [-0.3, -0.25) is 0 Å². The highest BCUT2D eigenvalue weighted by molar-refractivity contribution is 9.10. The molecule has 0 amide bonds. The topological polar surface area (TPSA) is 24.9 Å². The average Bonchev–Trinajstić information content (AvgIpc) is 2.63. The van der Waals surface area contributed by atoms with E-state index in [-0.39, 0.29) is 6.04 Å². The third-order valence-electron chi connectivity index (χ3n) is 2.89.